The zero-order chi connectivity index (χ0) is 8.48. The van der Waals surface area contributed by atoms with E-state index in [1.165, 1.54) is 6.92 Å². The standard InChI is InChI=1S/C7H11FO3/c1-5(10)11-4-7(8)2-6(7)3-9/h6,9H,2-4H2,1H3. The molecule has 3 nitrogen and oxygen atoms in total. The molecule has 0 bridgehead atoms. The summed E-state index contributed by atoms with van der Waals surface area (Å²) in [7, 11) is 0. The Morgan fingerprint density at radius 3 is 2.91 bits per heavy atom. The molecule has 0 aliphatic heterocycles. The molecule has 1 aliphatic carbocycles. The van der Waals surface area contributed by atoms with Crippen LogP contribution in [0.25, 0.3) is 0 Å². The predicted molar refractivity (Wildman–Crippen MR) is 35.7 cm³/mol. The molecule has 1 saturated carbocycles. The molecule has 0 amide bonds. The fourth-order valence-corrected chi connectivity index (χ4v) is 0.977. The first-order valence-electron chi connectivity index (χ1n) is 3.51. The van der Waals surface area contributed by atoms with E-state index in [-0.39, 0.29) is 19.1 Å². The third kappa shape index (κ3) is 1.89. The summed E-state index contributed by atoms with van der Waals surface area (Å²) in [5, 5.41) is 8.53. The van der Waals surface area contributed by atoms with E-state index in [1.807, 2.05) is 0 Å². The van der Waals surface area contributed by atoms with Crippen LogP contribution in [-0.4, -0.2) is 30.0 Å². The third-order valence-electron chi connectivity index (χ3n) is 1.89. The summed E-state index contributed by atoms with van der Waals surface area (Å²) in [5.74, 6) is -0.813. The van der Waals surface area contributed by atoms with Gasteiger partial charge in [0.05, 0.1) is 0 Å². The number of halogens is 1. The van der Waals surface area contributed by atoms with Crippen molar-refractivity contribution in [3.63, 3.8) is 0 Å². The Bertz CT molecular complexity index is 171. The molecule has 1 N–H and O–H groups in total. The van der Waals surface area contributed by atoms with Crippen LogP contribution < -0.4 is 0 Å². The maximum Gasteiger partial charge on any atom is 0.302 e. The molecule has 1 fully saturated rings. The molecule has 0 heterocycles. The van der Waals surface area contributed by atoms with Gasteiger partial charge < -0.3 is 9.84 Å². The van der Waals surface area contributed by atoms with Crippen molar-refractivity contribution in [3.8, 4) is 0 Å². The summed E-state index contributed by atoms with van der Waals surface area (Å²) >= 11 is 0. The molecule has 2 unspecified atom stereocenters. The van der Waals surface area contributed by atoms with Gasteiger partial charge in [0.25, 0.3) is 0 Å². The average molecular weight is 162 g/mol. The summed E-state index contributed by atoms with van der Waals surface area (Å²) < 4.78 is 17.6. The van der Waals surface area contributed by atoms with Gasteiger partial charge in [-0.05, 0) is 6.42 Å². The van der Waals surface area contributed by atoms with Gasteiger partial charge in [-0.3, -0.25) is 4.79 Å². The van der Waals surface area contributed by atoms with Crippen molar-refractivity contribution >= 4 is 5.97 Å². The molecule has 11 heavy (non-hydrogen) atoms. The summed E-state index contributed by atoms with van der Waals surface area (Å²) in [5.41, 5.74) is -1.44. The summed E-state index contributed by atoms with van der Waals surface area (Å²) in [4.78, 5) is 10.3. The third-order valence-corrected chi connectivity index (χ3v) is 1.89. The Kier molecular flexibility index (Phi) is 2.13. The lowest BCUT2D eigenvalue weighted by molar-refractivity contribution is -0.143. The van der Waals surface area contributed by atoms with Crippen molar-refractivity contribution in [2.45, 2.75) is 19.0 Å². The van der Waals surface area contributed by atoms with Crippen LogP contribution in [0.2, 0.25) is 0 Å². The van der Waals surface area contributed by atoms with Crippen molar-refractivity contribution in [3.05, 3.63) is 0 Å². The highest BCUT2D eigenvalue weighted by Crippen LogP contribution is 2.46. The molecule has 1 rings (SSSR count). The van der Waals surface area contributed by atoms with E-state index < -0.39 is 11.6 Å². The molecule has 4 heteroatoms. The molecular weight excluding hydrogens is 151 g/mol. The van der Waals surface area contributed by atoms with Crippen LogP contribution in [0.5, 0.6) is 0 Å². The second-order valence-electron chi connectivity index (χ2n) is 2.90. The van der Waals surface area contributed by atoms with Crippen molar-refractivity contribution in [2.24, 2.45) is 5.92 Å². The predicted octanol–water partition coefficient (Wildman–Crippen LogP) is 0.270. The average Bonchev–Trinajstić information content (AvgIpc) is 2.59. The smallest absolute Gasteiger partial charge is 0.302 e. The van der Waals surface area contributed by atoms with Crippen molar-refractivity contribution in [1.82, 2.24) is 0 Å². The minimum Gasteiger partial charge on any atom is -0.462 e. The SMILES string of the molecule is CC(=O)OCC1(F)CC1CO. The number of hydrogen-bond donors (Lipinski definition) is 1. The number of carbonyl (C=O) groups is 1. The number of esters is 1. The number of hydrogen-bond acceptors (Lipinski definition) is 3. The Labute approximate surface area is 64.2 Å². The lowest BCUT2D eigenvalue weighted by atomic mass is 10.3. The molecular formula is C7H11FO3. The van der Waals surface area contributed by atoms with Gasteiger partial charge in [0.15, 0.2) is 5.67 Å². The molecule has 64 valence electrons. The highest BCUT2D eigenvalue weighted by atomic mass is 19.1. The summed E-state index contributed by atoms with van der Waals surface area (Å²) in [6.07, 6.45) is 0.302. The minimum absolute atomic E-state index is 0.169. The zero-order valence-electron chi connectivity index (χ0n) is 6.34. The number of aliphatic hydroxyl groups is 1. The highest BCUT2D eigenvalue weighted by molar-refractivity contribution is 5.66. The highest BCUT2D eigenvalue weighted by Gasteiger charge is 2.55. The molecule has 0 spiro atoms. The molecule has 0 aromatic rings. The Morgan fingerprint density at radius 1 is 1.91 bits per heavy atom. The zero-order valence-corrected chi connectivity index (χ0v) is 6.34. The van der Waals surface area contributed by atoms with Crippen LogP contribution in [0.1, 0.15) is 13.3 Å². The van der Waals surface area contributed by atoms with Gasteiger partial charge in [-0.15, -0.1) is 0 Å². The molecule has 0 saturated heterocycles. The second-order valence-corrected chi connectivity index (χ2v) is 2.90. The van der Waals surface area contributed by atoms with E-state index in [2.05, 4.69) is 4.74 Å². The molecule has 2 atom stereocenters. The quantitative estimate of drug-likeness (QED) is 0.606. The molecule has 1 aliphatic rings. The van der Waals surface area contributed by atoms with Crippen molar-refractivity contribution in [2.75, 3.05) is 13.2 Å². The minimum atomic E-state index is -1.44. The number of ether oxygens (including phenoxy) is 1. The molecule has 0 radical (unpaired) electrons. The van der Waals surface area contributed by atoms with E-state index >= 15 is 0 Å². The van der Waals surface area contributed by atoms with Crippen LogP contribution in [-0.2, 0) is 9.53 Å². The van der Waals surface area contributed by atoms with Gasteiger partial charge in [0, 0.05) is 19.4 Å². The first-order chi connectivity index (χ1) is 5.08. The van der Waals surface area contributed by atoms with Crippen molar-refractivity contribution in [1.29, 1.82) is 0 Å². The van der Waals surface area contributed by atoms with Gasteiger partial charge in [0.2, 0.25) is 0 Å². The van der Waals surface area contributed by atoms with Gasteiger partial charge in [-0.1, -0.05) is 0 Å². The van der Waals surface area contributed by atoms with E-state index in [1.54, 1.807) is 0 Å². The number of rotatable bonds is 3. The summed E-state index contributed by atoms with van der Waals surface area (Å²) in [6.45, 7) is 0.852. The van der Waals surface area contributed by atoms with E-state index in [9.17, 15) is 9.18 Å². The maximum atomic E-state index is 13.1. The monoisotopic (exact) mass is 162 g/mol. The lowest BCUT2D eigenvalue weighted by Gasteiger charge is -2.05. The largest absolute Gasteiger partial charge is 0.462 e. The van der Waals surface area contributed by atoms with Gasteiger partial charge in [-0.2, -0.15) is 0 Å². The Balaban J connectivity index is 2.23. The number of aliphatic hydroxyl groups excluding tert-OH is 1. The first kappa shape index (κ1) is 8.46. The molecule has 0 aromatic carbocycles. The van der Waals surface area contributed by atoms with Crippen molar-refractivity contribution < 1.29 is 19.0 Å². The van der Waals surface area contributed by atoms with Crippen LogP contribution in [0.15, 0.2) is 0 Å². The van der Waals surface area contributed by atoms with Crippen LogP contribution in [0.3, 0.4) is 0 Å². The fraction of sp³-hybridized carbons (Fsp3) is 0.857. The van der Waals surface area contributed by atoms with Gasteiger partial charge >= 0.3 is 5.97 Å². The van der Waals surface area contributed by atoms with Crippen LogP contribution in [0.4, 0.5) is 4.39 Å². The normalized spacial score (nSPS) is 35.0. The number of alkyl halides is 1. The molecule has 0 aromatic heterocycles. The van der Waals surface area contributed by atoms with E-state index in [0.717, 1.165) is 0 Å². The van der Waals surface area contributed by atoms with Gasteiger partial charge in [0.1, 0.15) is 6.61 Å². The number of carbonyl (C=O) groups excluding carboxylic acids is 1. The Morgan fingerprint density at radius 2 is 2.55 bits per heavy atom. The van der Waals surface area contributed by atoms with E-state index in [4.69, 9.17) is 5.11 Å². The topological polar surface area (TPSA) is 46.5 Å². The summed E-state index contributed by atoms with van der Waals surface area (Å²) in [6, 6.07) is 0. The van der Waals surface area contributed by atoms with E-state index in [0.29, 0.717) is 6.42 Å². The van der Waals surface area contributed by atoms with Crippen LogP contribution in [0, 0.1) is 5.92 Å². The fourth-order valence-electron chi connectivity index (χ4n) is 0.977. The lowest BCUT2D eigenvalue weighted by Crippen LogP contribution is -2.17. The second kappa shape index (κ2) is 2.77. The van der Waals surface area contributed by atoms with Crippen LogP contribution >= 0.6 is 0 Å². The first-order valence-corrected chi connectivity index (χ1v) is 3.51. The van der Waals surface area contributed by atoms with Gasteiger partial charge in [-0.25, -0.2) is 4.39 Å². The Hall–Kier alpha value is -0.640. The maximum absolute atomic E-state index is 13.1.